The zero-order chi connectivity index (χ0) is 19.7. The number of carbonyl (C=O) groups excluding carboxylic acids is 3. The number of anilines is 1. The molecular weight excluding hydrogens is 364 g/mol. The molecule has 0 saturated carbocycles. The smallest absolute Gasteiger partial charge is 0.270 e. The number of ether oxygens (including phenoxy) is 2. The van der Waals surface area contributed by atoms with Crippen LogP contribution < -0.4 is 15.5 Å². The highest BCUT2D eigenvalue weighted by Gasteiger charge is 2.40. The number of amides is 3. The molecule has 9 heteroatoms. The van der Waals surface area contributed by atoms with Crippen molar-refractivity contribution in [2.24, 2.45) is 0 Å². The average Bonchev–Trinajstić information content (AvgIpc) is 3.13. The fraction of sp³-hybridized carbons (Fsp3) is 0.579. The van der Waals surface area contributed by atoms with Crippen molar-refractivity contribution in [2.75, 3.05) is 31.2 Å². The molecule has 150 valence electrons. The number of aromatic nitrogens is 1. The summed E-state index contributed by atoms with van der Waals surface area (Å²) in [6.07, 6.45) is 2.10. The van der Waals surface area contributed by atoms with Crippen molar-refractivity contribution in [1.29, 1.82) is 0 Å². The molecule has 3 saturated heterocycles. The number of aryl methyl sites for hydroxylation is 1. The van der Waals surface area contributed by atoms with E-state index in [-0.39, 0.29) is 18.0 Å². The highest BCUT2D eigenvalue weighted by atomic mass is 16.7. The van der Waals surface area contributed by atoms with Gasteiger partial charge in [0.25, 0.3) is 5.91 Å². The van der Waals surface area contributed by atoms with Gasteiger partial charge in [-0.2, -0.15) is 0 Å². The predicted molar refractivity (Wildman–Crippen MR) is 98.7 cm³/mol. The van der Waals surface area contributed by atoms with Crippen LogP contribution in [0.2, 0.25) is 0 Å². The topological polar surface area (TPSA) is 110 Å². The van der Waals surface area contributed by atoms with Crippen LogP contribution in [0.5, 0.6) is 0 Å². The third kappa shape index (κ3) is 3.72. The van der Waals surface area contributed by atoms with Gasteiger partial charge < -0.3 is 19.7 Å². The highest BCUT2D eigenvalue weighted by molar-refractivity contribution is 6.03. The largest absolute Gasteiger partial charge is 0.370 e. The summed E-state index contributed by atoms with van der Waals surface area (Å²) < 4.78 is 11.5. The molecule has 1 atom stereocenters. The van der Waals surface area contributed by atoms with E-state index in [1.807, 2.05) is 13.0 Å². The molecule has 1 spiro atoms. The Labute approximate surface area is 162 Å². The van der Waals surface area contributed by atoms with Crippen molar-refractivity contribution in [3.8, 4) is 0 Å². The summed E-state index contributed by atoms with van der Waals surface area (Å²) in [6.45, 7) is 4.76. The van der Waals surface area contributed by atoms with Gasteiger partial charge in [-0.3, -0.25) is 19.7 Å². The summed E-state index contributed by atoms with van der Waals surface area (Å²) in [5, 5.41) is 4.88. The molecule has 3 aliphatic heterocycles. The normalized spacial score (nSPS) is 24.3. The summed E-state index contributed by atoms with van der Waals surface area (Å²) in [5.74, 6) is -1.64. The van der Waals surface area contributed by atoms with Crippen LogP contribution in [0.15, 0.2) is 12.1 Å². The maximum Gasteiger partial charge on any atom is 0.270 e. The van der Waals surface area contributed by atoms with Gasteiger partial charge in [0.05, 0.1) is 24.6 Å². The standard InChI is InChI=1S/C19H24N4O5/c1-12-15(23-8-6-19(7-9-23)27-10-11-28-19)4-2-13(20-12)17(25)21-14-3-5-16(24)22-18(14)26/h2,4,14H,3,5-11H2,1H3,(H,21,25)(H,22,24,26)/t14-/m0/s1. The van der Waals surface area contributed by atoms with E-state index < -0.39 is 23.6 Å². The van der Waals surface area contributed by atoms with E-state index in [4.69, 9.17) is 9.47 Å². The zero-order valence-corrected chi connectivity index (χ0v) is 15.8. The Morgan fingerprint density at radius 1 is 1.25 bits per heavy atom. The molecule has 1 aromatic rings. The summed E-state index contributed by atoms with van der Waals surface area (Å²) in [7, 11) is 0. The van der Waals surface area contributed by atoms with Crippen molar-refractivity contribution in [3.05, 3.63) is 23.5 Å². The molecule has 3 amide bonds. The molecule has 0 aliphatic carbocycles. The molecule has 4 heterocycles. The summed E-state index contributed by atoms with van der Waals surface area (Å²) in [4.78, 5) is 42.1. The number of imide groups is 1. The van der Waals surface area contributed by atoms with Gasteiger partial charge in [0.2, 0.25) is 11.8 Å². The van der Waals surface area contributed by atoms with E-state index in [2.05, 4.69) is 20.5 Å². The third-order valence-electron chi connectivity index (χ3n) is 5.51. The lowest BCUT2D eigenvalue weighted by Gasteiger charge is -2.39. The quantitative estimate of drug-likeness (QED) is 0.715. The lowest BCUT2D eigenvalue weighted by Crippen LogP contribution is -2.52. The molecule has 0 bridgehead atoms. The summed E-state index contributed by atoms with van der Waals surface area (Å²) in [6, 6.07) is 2.84. The minimum atomic E-state index is -0.711. The highest BCUT2D eigenvalue weighted by Crippen LogP contribution is 2.33. The molecule has 9 nitrogen and oxygen atoms in total. The molecule has 2 N–H and O–H groups in total. The number of nitrogens with zero attached hydrogens (tertiary/aromatic N) is 2. The Hall–Kier alpha value is -2.52. The number of nitrogens with one attached hydrogen (secondary N) is 2. The van der Waals surface area contributed by atoms with Gasteiger partial charge in [0.1, 0.15) is 11.7 Å². The fourth-order valence-corrected chi connectivity index (χ4v) is 3.95. The molecule has 3 aliphatic rings. The molecule has 3 fully saturated rings. The van der Waals surface area contributed by atoms with Gasteiger partial charge in [-0.05, 0) is 25.5 Å². The lowest BCUT2D eigenvalue weighted by atomic mass is 10.0. The zero-order valence-electron chi connectivity index (χ0n) is 15.8. The lowest BCUT2D eigenvalue weighted by molar-refractivity contribution is -0.169. The molecule has 0 radical (unpaired) electrons. The van der Waals surface area contributed by atoms with Crippen LogP contribution in [0.4, 0.5) is 5.69 Å². The molecule has 28 heavy (non-hydrogen) atoms. The first-order valence-corrected chi connectivity index (χ1v) is 9.61. The monoisotopic (exact) mass is 388 g/mol. The summed E-state index contributed by atoms with van der Waals surface area (Å²) >= 11 is 0. The van der Waals surface area contributed by atoms with Crippen molar-refractivity contribution in [1.82, 2.24) is 15.6 Å². The molecule has 0 unspecified atom stereocenters. The maximum absolute atomic E-state index is 12.5. The minimum absolute atomic E-state index is 0.214. The van der Waals surface area contributed by atoms with Crippen molar-refractivity contribution < 1.29 is 23.9 Å². The first-order chi connectivity index (χ1) is 13.5. The van der Waals surface area contributed by atoms with Crippen LogP contribution in [-0.2, 0) is 19.1 Å². The van der Waals surface area contributed by atoms with E-state index in [0.29, 0.717) is 19.6 Å². The summed E-state index contributed by atoms with van der Waals surface area (Å²) in [5.41, 5.74) is 1.98. The third-order valence-corrected chi connectivity index (χ3v) is 5.51. The second kappa shape index (κ2) is 7.48. The van der Waals surface area contributed by atoms with Gasteiger partial charge in [0, 0.05) is 32.4 Å². The molecule has 0 aromatic carbocycles. The fourth-order valence-electron chi connectivity index (χ4n) is 3.95. The minimum Gasteiger partial charge on any atom is -0.370 e. The Morgan fingerprint density at radius 3 is 2.61 bits per heavy atom. The first-order valence-electron chi connectivity index (χ1n) is 9.61. The Kier molecular flexibility index (Phi) is 5.03. The number of piperidine rings is 2. The number of hydrogen-bond acceptors (Lipinski definition) is 7. The number of carbonyl (C=O) groups is 3. The first kappa shape index (κ1) is 18.8. The van der Waals surface area contributed by atoms with Crippen LogP contribution in [0.1, 0.15) is 41.9 Å². The molecule has 4 rings (SSSR count). The molecular formula is C19H24N4O5. The van der Waals surface area contributed by atoms with E-state index in [0.717, 1.165) is 37.3 Å². The van der Waals surface area contributed by atoms with Gasteiger partial charge >= 0.3 is 0 Å². The SMILES string of the molecule is Cc1nc(C(=O)N[C@H]2CCC(=O)NC2=O)ccc1N1CCC2(CC1)OCCO2. The van der Waals surface area contributed by atoms with E-state index >= 15 is 0 Å². The average molecular weight is 388 g/mol. The van der Waals surface area contributed by atoms with Gasteiger partial charge in [-0.15, -0.1) is 0 Å². The van der Waals surface area contributed by atoms with Crippen LogP contribution in [0, 0.1) is 6.92 Å². The Balaban J connectivity index is 1.39. The maximum atomic E-state index is 12.5. The van der Waals surface area contributed by atoms with E-state index in [1.54, 1.807) is 6.07 Å². The molecule has 1 aromatic heterocycles. The van der Waals surface area contributed by atoms with Crippen molar-refractivity contribution in [2.45, 2.75) is 44.4 Å². The second-order valence-corrected chi connectivity index (χ2v) is 7.37. The van der Waals surface area contributed by atoms with Crippen LogP contribution >= 0.6 is 0 Å². The number of hydrogen-bond donors (Lipinski definition) is 2. The van der Waals surface area contributed by atoms with Crippen molar-refractivity contribution in [3.63, 3.8) is 0 Å². The van der Waals surface area contributed by atoms with Gasteiger partial charge in [-0.25, -0.2) is 4.98 Å². The van der Waals surface area contributed by atoms with Crippen LogP contribution in [0.25, 0.3) is 0 Å². The van der Waals surface area contributed by atoms with Crippen LogP contribution in [-0.4, -0.2) is 60.8 Å². The number of pyridine rings is 1. The van der Waals surface area contributed by atoms with E-state index in [9.17, 15) is 14.4 Å². The van der Waals surface area contributed by atoms with Crippen LogP contribution in [0.3, 0.4) is 0 Å². The number of rotatable bonds is 3. The van der Waals surface area contributed by atoms with Gasteiger partial charge in [-0.1, -0.05) is 0 Å². The van der Waals surface area contributed by atoms with Crippen molar-refractivity contribution >= 4 is 23.4 Å². The Morgan fingerprint density at radius 2 is 1.96 bits per heavy atom. The second-order valence-electron chi connectivity index (χ2n) is 7.37. The van der Waals surface area contributed by atoms with E-state index in [1.165, 1.54) is 0 Å². The predicted octanol–water partition coefficient (Wildman–Crippen LogP) is 0.268. The Bertz CT molecular complexity index is 796. The van der Waals surface area contributed by atoms with Gasteiger partial charge in [0.15, 0.2) is 5.79 Å².